The fraction of sp³-hybridized carbons (Fsp3) is 0.538. The third kappa shape index (κ3) is 3.36. The Bertz CT molecular complexity index is 380. The van der Waals surface area contributed by atoms with Gasteiger partial charge in [-0.3, -0.25) is 0 Å². The Morgan fingerprint density at radius 3 is 3.00 bits per heavy atom. The molecule has 0 amide bonds. The van der Waals surface area contributed by atoms with E-state index in [4.69, 9.17) is 11.6 Å². The summed E-state index contributed by atoms with van der Waals surface area (Å²) in [5.74, 6) is 0.916. The molecule has 1 aromatic carbocycles. The lowest BCUT2D eigenvalue weighted by Crippen LogP contribution is -2.36. The van der Waals surface area contributed by atoms with E-state index < -0.39 is 0 Å². The smallest absolute Gasteiger partial charge is 0.141 e. The number of halogens is 2. The number of hydrogen-bond donors (Lipinski definition) is 1. The summed E-state index contributed by atoms with van der Waals surface area (Å²) in [7, 11) is 1.99. The molecule has 1 fully saturated rings. The Kier molecular flexibility index (Phi) is 4.71. The topological polar surface area (TPSA) is 12.0 Å². The van der Waals surface area contributed by atoms with Crippen LogP contribution in [0.2, 0.25) is 5.02 Å². The van der Waals surface area contributed by atoms with Crippen LogP contribution in [0.5, 0.6) is 0 Å². The van der Waals surface area contributed by atoms with Gasteiger partial charge in [0.2, 0.25) is 0 Å². The second-order valence-electron chi connectivity index (χ2n) is 4.40. The summed E-state index contributed by atoms with van der Waals surface area (Å²) >= 11 is 7.83. The van der Waals surface area contributed by atoms with E-state index in [-0.39, 0.29) is 10.8 Å². The van der Waals surface area contributed by atoms with E-state index in [9.17, 15) is 4.39 Å². The van der Waals surface area contributed by atoms with Gasteiger partial charge in [0.05, 0.1) is 5.02 Å². The molecule has 1 heterocycles. The van der Waals surface area contributed by atoms with Crippen LogP contribution in [0.1, 0.15) is 18.4 Å². The molecule has 4 heteroatoms. The summed E-state index contributed by atoms with van der Waals surface area (Å²) < 4.78 is 13.1. The molecule has 1 aliphatic heterocycles. The maximum atomic E-state index is 13.1. The van der Waals surface area contributed by atoms with Crippen LogP contribution in [0.3, 0.4) is 0 Å². The first-order valence-electron chi connectivity index (χ1n) is 5.93. The fourth-order valence-electron chi connectivity index (χ4n) is 2.26. The van der Waals surface area contributed by atoms with Crippen LogP contribution in [0.25, 0.3) is 0 Å². The summed E-state index contributed by atoms with van der Waals surface area (Å²) in [6.07, 6.45) is 3.48. The van der Waals surface area contributed by atoms with Gasteiger partial charge in [0.1, 0.15) is 5.82 Å². The molecule has 0 bridgehead atoms. The molecule has 1 aliphatic rings. The highest BCUT2D eigenvalue weighted by Crippen LogP contribution is 2.30. The molecular weight excluding hydrogens is 257 g/mol. The van der Waals surface area contributed by atoms with Gasteiger partial charge in [-0.1, -0.05) is 17.7 Å². The van der Waals surface area contributed by atoms with E-state index in [0.29, 0.717) is 11.3 Å². The highest BCUT2D eigenvalue weighted by molar-refractivity contribution is 8.00. The molecule has 1 saturated heterocycles. The molecule has 17 heavy (non-hydrogen) atoms. The van der Waals surface area contributed by atoms with Crippen molar-refractivity contribution in [1.29, 1.82) is 0 Å². The lowest BCUT2D eigenvalue weighted by molar-refractivity contribution is 0.523. The Labute approximate surface area is 111 Å². The number of likely N-dealkylation sites (N-methyl/N-ethyl adjacent to an activating group) is 1. The first-order valence-corrected chi connectivity index (χ1v) is 7.36. The molecule has 1 aromatic rings. The molecule has 0 radical (unpaired) electrons. The zero-order chi connectivity index (χ0) is 12.3. The van der Waals surface area contributed by atoms with Gasteiger partial charge in [-0.15, -0.1) is 0 Å². The Morgan fingerprint density at radius 1 is 1.59 bits per heavy atom. The van der Waals surface area contributed by atoms with Crippen molar-refractivity contribution < 1.29 is 4.39 Å². The SMILES string of the molecule is CNC(Cc1ccc(F)c(Cl)c1)C1CCCS1. The second kappa shape index (κ2) is 6.07. The molecule has 0 aliphatic carbocycles. The van der Waals surface area contributed by atoms with Crippen LogP contribution in [-0.4, -0.2) is 24.1 Å². The average Bonchev–Trinajstić information content (AvgIpc) is 2.84. The minimum atomic E-state index is -0.341. The highest BCUT2D eigenvalue weighted by atomic mass is 35.5. The second-order valence-corrected chi connectivity index (χ2v) is 6.15. The normalized spacial score (nSPS) is 21.7. The molecule has 2 atom stereocenters. The largest absolute Gasteiger partial charge is 0.316 e. The van der Waals surface area contributed by atoms with Crippen molar-refractivity contribution in [3.05, 3.63) is 34.6 Å². The lowest BCUT2D eigenvalue weighted by Gasteiger charge is -2.22. The van der Waals surface area contributed by atoms with Crippen LogP contribution in [0.4, 0.5) is 4.39 Å². The van der Waals surface area contributed by atoms with E-state index in [2.05, 4.69) is 5.32 Å². The van der Waals surface area contributed by atoms with Crippen molar-refractivity contribution in [2.45, 2.75) is 30.6 Å². The molecule has 2 unspecified atom stereocenters. The maximum absolute atomic E-state index is 13.1. The van der Waals surface area contributed by atoms with E-state index in [1.54, 1.807) is 6.07 Å². The van der Waals surface area contributed by atoms with Gasteiger partial charge in [-0.25, -0.2) is 4.39 Å². The van der Waals surface area contributed by atoms with Crippen LogP contribution < -0.4 is 5.32 Å². The predicted octanol–water partition coefficient (Wildman–Crippen LogP) is 3.51. The van der Waals surface area contributed by atoms with Gasteiger partial charge in [-0.2, -0.15) is 11.8 Å². The summed E-state index contributed by atoms with van der Waals surface area (Å²) in [5.41, 5.74) is 1.10. The van der Waals surface area contributed by atoms with Gasteiger partial charge in [0, 0.05) is 11.3 Å². The minimum Gasteiger partial charge on any atom is -0.316 e. The van der Waals surface area contributed by atoms with E-state index in [0.717, 1.165) is 12.0 Å². The van der Waals surface area contributed by atoms with E-state index >= 15 is 0 Å². The monoisotopic (exact) mass is 273 g/mol. The number of hydrogen-bond acceptors (Lipinski definition) is 2. The summed E-state index contributed by atoms with van der Waals surface area (Å²) in [6, 6.07) is 5.46. The van der Waals surface area contributed by atoms with Gasteiger partial charge < -0.3 is 5.32 Å². The molecular formula is C13H17ClFNS. The van der Waals surface area contributed by atoms with Gasteiger partial charge in [0.25, 0.3) is 0 Å². The van der Waals surface area contributed by atoms with Gasteiger partial charge in [-0.05, 0) is 49.8 Å². The van der Waals surface area contributed by atoms with Crippen LogP contribution in [0, 0.1) is 5.82 Å². The first kappa shape index (κ1) is 13.2. The Hall–Kier alpha value is -0.250. The van der Waals surface area contributed by atoms with Crippen LogP contribution >= 0.6 is 23.4 Å². The van der Waals surface area contributed by atoms with Crippen LogP contribution in [0.15, 0.2) is 18.2 Å². The number of rotatable bonds is 4. The third-order valence-corrected chi connectivity index (χ3v) is 5.03. The lowest BCUT2D eigenvalue weighted by atomic mass is 10.0. The molecule has 94 valence electrons. The predicted molar refractivity (Wildman–Crippen MR) is 73.4 cm³/mol. The molecule has 0 spiro atoms. The summed E-state index contributed by atoms with van der Waals surface area (Å²) in [6.45, 7) is 0. The van der Waals surface area contributed by atoms with Crippen molar-refractivity contribution >= 4 is 23.4 Å². The molecule has 0 saturated carbocycles. The fourth-order valence-corrected chi connectivity index (χ4v) is 3.90. The standard InChI is InChI=1S/C13H17ClFNS/c1-16-12(13-3-2-6-17-13)8-9-4-5-11(15)10(14)7-9/h4-5,7,12-13,16H,2-3,6,8H2,1H3. The zero-order valence-electron chi connectivity index (χ0n) is 9.88. The third-order valence-electron chi connectivity index (χ3n) is 3.22. The molecule has 1 N–H and O–H groups in total. The number of thioether (sulfide) groups is 1. The molecule has 2 rings (SSSR count). The van der Waals surface area contributed by atoms with Crippen molar-refractivity contribution in [1.82, 2.24) is 5.32 Å². The summed E-state index contributed by atoms with van der Waals surface area (Å²) in [4.78, 5) is 0. The van der Waals surface area contributed by atoms with Crippen molar-refractivity contribution in [3.63, 3.8) is 0 Å². The Morgan fingerprint density at radius 2 is 2.41 bits per heavy atom. The molecule has 1 nitrogen and oxygen atoms in total. The number of nitrogens with one attached hydrogen (secondary N) is 1. The minimum absolute atomic E-state index is 0.219. The molecule has 0 aromatic heterocycles. The first-order chi connectivity index (χ1) is 8.20. The number of benzene rings is 1. The zero-order valence-corrected chi connectivity index (χ0v) is 11.5. The van der Waals surface area contributed by atoms with E-state index in [1.807, 2.05) is 24.9 Å². The van der Waals surface area contributed by atoms with Gasteiger partial charge in [0.15, 0.2) is 0 Å². The van der Waals surface area contributed by atoms with Crippen molar-refractivity contribution in [3.8, 4) is 0 Å². The highest BCUT2D eigenvalue weighted by Gasteiger charge is 2.24. The Balaban J connectivity index is 2.04. The van der Waals surface area contributed by atoms with Crippen molar-refractivity contribution in [2.24, 2.45) is 0 Å². The van der Waals surface area contributed by atoms with Gasteiger partial charge >= 0.3 is 0 Å². The average molecular weight is 274 g/mol. The van der Waals surface area contributed by atoms with Crippen molar-refractivity contribution in [2.75, 3.05) is 12.8 Å². The quantitative estimate of drug-likeness (QED) is 0.901. The van der Waals surface area contributed by atoms with Crippen LogP contribution in [-0.2, 0) is 6.42 Å². The summed E-state index contributed by atoms with van der Waals surface area (Å²) in [5, 5.41) is 4.26. The maximum Gasteiger partial charge on any atom is 0.141 e. The van der Waals surface area contributed by atoms with E-state index in [1.165, 1.54) is 24.7 Å².